The molecule has 0 aliphatic carbocycles. The van der Waals surface area contributed by atoms with Crippen LogP contribution in [0, 0.1) is 0 Å². The van der Waals surface area contributed by atoms with E-state index in [9.17, 15) is 0 Å². The first kappa shape index (κ1) is 13.2. The van der Waals surface area contributed by atoms with E-state index in [0.717, 1.165) is 33.2 Å². The van der Waals surface area contributed by atoms with Gasteiger partial charge in [0.2, 0.25) is 0 Å². The normalized spacial score (nSPS) is 11.2. The molecule has 2 aromatic carbocycles. The maximum absolute atomic E-state index is 5.48. The highest BCUT2D eigenvalue weighted by atomic mass is 32.1. The van der Waals surface area contributed by atoms with Gasteiger partial charge < -0.3 is 9.47 Å². The fourth-order valence-electron chi connectivity index (χ4n) is 2.58. The Morgan fingerprint density at radius 1 is 1.00 bits per heavy atom. The van der Waals surface area contributed by atoms with E-state index >= 15 is 0 Å². The molecular formula is C17H14N2O2S. The van der Waals surface area contributed by atoms with Gasteiger partial charge >= 0.3 is 0 Å². The summed E-state index contributed by atoms with van der Waals surface area (Å²) in [5.74, 6) is 1.71. The summed E-state index contributed by atoms with van der Waals surface area (Å²) in [4.78, 5) is 5.70. The molecule has 0 saturated carbocycles. The molecule has 4 nitrogen and oxygen atoms in total. The van der Waals surface area contributed by atoms with E-state index in [0.29, 0.717) is 0 Å². The third-order valence-corrected chi connectivity index (χ3v) is 4.70. The largest absolute Gasteiger partial charge is 0.497 e. The molecule has 4 rings (SSSR count). The predicted octanol–water partition coefficient (Wildman–Crippen LogP) is 4.23. The first-order valence-electron chi connectivity index (χ1n) is 6.89. The molecule has 0 aliphatic rings. The molecule has 0 N–H and O–H groups in total. The number of benzene rings is 2. The van der Waals surface area contributed by atoms with Gasteiger partial charge in [-0.2, -0.15) is 0 Å². The second-order valence-electron chi connectivity index (χ2n) is 4.92. The van der Waals surface area contributed by atoms with Crippen LogP contribution in [0.5, 0.6) is 11.5 Å². The van der Waals surface area contributed by atoms with Crippen LogP contribution in [0.25, 0.3) is 26.4 Å². The lowest BCUT2D eigenvalue weighted by Crippen LogP contribution is -1.86. The lowest BCUT2D eigenvalue weighted by molar-refractivity contribution is 0.415. The quantitative estimate of drug-likeness (QED) is 0.568. The van der Waals surface area contributed by atoms with Gasteiger partial charge in [0.1, 0.15) is 17.0 Å². The van der Waals surface area contributed by atoms with Crippen molar-refractivity contribution in [3.63, 3.8) is 0 Å². The molecule has 22 heavy (non-hydrogen) atoms. The van der Waals surface area contributed by atoms with Crippen molar-refractivity contribution in [1.82, 2.24) is 9.38 Å². The molecule has 0 unspecified atom stereocenters. The predicted molar refractivity (Wildman–Crippen MR) is 89.1 cm³/mol. The van der Waals surface area contributed by atoms with E-state index in [2.05, 4.69) is 16.7 Å². The maximum atomic E-state index is 5.48. The van der Waals surface area contributed by atoms with Crippen molar-refractivity contribution in [1.29, 1.82) is 0 Å². The van der Waals surface area contributed by atoms with E-state index in [4.69, 9.17) is 14.5 Å². The van der Waals surface area contributed by atoms with E-state index in [1.54, 1.807) is 25.6 Å². The smallest absolute Gasteiger partial charge is 0.195 e. The Labute approximate surface area is 131 Å². The first-order chi connectivity index (χ1) is 10.8. The van der Waals surface area contributed by atoms with Crippen LogP contribution in [0.1, 0.15) is 0 Å². The average Bonchev–Trinajstić information content (AvgIpc) is 3.12. The number of thiazole rings is 1. The van der Waals surface area contributed by atoms with Crippen molar-refractivity contribution >= 4 is 26.5 Å². The van der Waals surface area contributed by atoms with E-state index in [1.165, 1.54) is 4.70 Å². The number of hydrogen-bond acceptors (Lipinski definition) is 4. The zero-order valence-electron chi connectivity index (χ0n) is 12.2. The van der Waals surface area contributed by atoms with Gasteiger partial charge in [0.15, 0.2) is 4.96 Å². The molecule has 0 bridgehead atoms. The van der Waals surface area contributed by atoms with Gasteiger partial charge in [0, 0.05) is 11.8 Å². The summed E-state index contributed by atoms with van der Waals surface area (Å²) in [5, 5.41) is 0. The highest BCUT2D eigenvalue weighted by molar-refractivity contribution is 7.23. The fourth-order valence-corrected chi connectivity index (χ4v) is 3.61. The molecule has 5 heteroatoms. The zero-order valence-corrected chi connectivity index (χ0v) is 13.1. The summed E-state index contributed by atoms with van der Waals surface area (Å²) in [7, 11) is 3.36. The molecule has 2 aromatic heterocycles. The molecule has 0 amide bonds. The molecule has 0 saturated heterocycles. The molecule has 0 spiro atoms. The molecule has 0 aliphatic heterocycles. The average molecular weight is 310 g/mol. The first-order valence-corrected chi connectivity index (χ1v) is 7.71. The van der Waals surface area contributed by atoms with Crippen LogP contribution in [0.4, 0.5) is 0 Å². The fraction of sp³-hybridized carbons (Fsp3) is 0.118. The Kier molecular flexibility index (Phi) is 3.01. The van der Waals surface area contributed by atoms with Gasteiger partial charge in [-0.25, -0.2) is 4.98 Å². The molecule has 110 valence electrons. The highest BCUT2D eigenvalue weighted by Gasteiger charge is 2.13. The monoisotopic (exact) mass is 310 g/mol. The lowest BCUT2D eigenvalue weighted by atomic mass is 10.2. The number of rotatable bonds is 3. The second-order valence-corrected chi connectivity index (χ2v) is 5.93. The van der Waals surface area contributed by atoms with Crippen molar-refractivity contribution in [3.8, 4) is 22.8 Å². The van der Waals surface area contributed by atoms with E-state index in [-0.39, 0.29) is 0 Å². The number of nitrogens with zero attached hydrogens (tertiary/aromatic N) is 2. The van der Waals surface area contributed by atoms with Crippen molar-refractivity contribution in [2.75, 3.05) is 14.2 Å². The van der Waals surface area contributed by atoms with Gasteiger partial charge in [0.05, 0.1) is 24.6 Å². The van der Waals surface area contributed by atoms with Crippen LogP contribution in [-0.4, -0.2) is 23.6 Å². The van der Waals surface area contributed by atoms with Crippen LogP contribution in [0.15, 0.2) is 48.7 Å². The Balaban J connectivity index is 1.90. The number of aromatic nitrogens is 2. The summed E-state index contributed by atoms with van der Waals surface area (Å²) in [6, 6.07) is 14.0. The van der Waals surface area contributed by atoms with Crippen LogP contribution >= 0.6 is 11.3 Å². The summed E-state index contributed by atoms with van der Waals surface area (Å²) >= 11 is 1.66. The van der Waals surface area contributed by atoms with Crippen molar-refractivity contribution in [2.24, 2.45) is 0 Å². The Morgan fingerprint density at radius 3 is 2.55 bits per heavy atom. The van der Waals surface area contributed by atoms with Crippen molar-refractivity contribution in [2.45, 2.75) is 0 Å². The lowest BCUT2D eigenvalue weighted by Gasteiger charge is -2.02. The maximum Gasteiger partial charge on any atom is 0.195 e. The van der Waals surface area contributed by atoms with Crippen LogP contribution in [-0.2, 0) is 0 Å². The molecular weight excluding hydrogens is 296 g/mol. The summed E-state index contributed by atoms with van der Waals surface area (Å²) < 4.78 is 13.9. The molecule has 0 fully saturated rings. The van der Waals surface area contributed by atoms with Crippen molar-refractivity contribution in [3.05, 3.63) is 48.7 Å². The zero-order chi connectivity index (χ0) is 15.1. The third-order valence-electron chi connectivity index (χ3n) is 3.68. The third kappa shape index (κ3) is 1.94. The SMILES string of the molecule is COc1ccc(-c2cn3c(n2)sc2cccc(OC)c23)cc1. The summed E-state index contributed by atoms with van der Waals surface area (Å²) in [6.07, 6.45) is 2.05. The standard InChI is InChI=1S/C17H14N2O2S/c1-20-12-8-6-11(7-9-12)13-10-19-16-14(21-2)4-3-5-15(16)22-17(19)18-13/h3-10H,1-2H3. The Bertz CT molecular complexity index is 954. The molecule has 4 aromatic rings. The number of hydrogen-bond donors (Lipinski definition) is 0. The topological polar surface area (TPSA) is 35.8 Å². The highest BCUT2D eigenvalue weighted by Crippen LogP contribution is 2.34. The van der Waals surface area contributed by atoms with Gasteiger partial charge in [0.25, 0.3) is 0 Å². The minimum absolute atomic E-state index is 0.844. The summed E-state index contributed by atoms with van der Waals surface area (Å²) in [5.41, 5.74) is 3.08. The number of fused-ring (bicyclic) bond motifs is 3. The van der Waals surface area contributed by atoms with Crippen molar-refractivity contribution < 1.29 is 9.47 Å². The Morgan fingerprint density at radius 2 is 1.82 bits per heavy atom. The minimum Gasteiger partial charge on any atom is -0.497 e. The number of para-hydroxylation sites is 1. The van der Waals surface area contributed by atoms with Gasteiger partial charge in [-0.15, -0.1) is 0 Å². The molecule has 0 radical (unpaired) electrons. The van der Waals surface area contributed by atoms with Gasteiger partial charge in [-0.05, 0) is 36.4 Å². The number of ether oxygens (including phenoxy) is 2. The van der Waals surface area contributed by atoms with E-state index in [1.807, 2.05) is 36.4 Å². The minimum atomic E-state index is 0.844. The number of methoxy groups -OCH3 is 2. The number of imidazole rings is 1. The molecule has 2 heterocycles. The summed E-state index contributed by atoms with van der Waals surface area (Å²) in [6.45, 7) is 0. The Hall–Kier alpha value is -2.53. The van der Waals surface area contributed by atoms with Gasteiger partial charge in [-0.1, -0.05) is 17.4 Å². The second kappa shape index (κ2) is 5.03. The van der Waals surface area contributed by atoms with Gasteiger partial charge in [-0.3, -0.25) is 4.40 Å². The van der Waals surface area contributed by atoms with Crippen LogP contribution in [0.3, 0.4) is 0 Å². The van der Waals surface area contributed by atoms with E-state index < -0.39 is 0 Å². The van der Waals surface area contributed by atoms with Crippen LogP contribution in [0.2, 0.25) is 0 Å². The molecule has 0 atom stereocenters. The van der Waals surface area contributed by atoms with Crippen LogP contribution < -0.4 is 9.47 Å².